The molecule has 0 aliphatic carbocycles. The van der Waals surface area contributed by atoms with E-state index in [1.165, 1.54) is 24.3 Å². The molecule has 5 heteroatoms. The van der Waals surface area contributed by atoms with Crippen LogP contribution in [-0.4, -0.2) is 21.4 Å². The maximum atomic E-state index is 13.2. The lowest BCUT2D eigenvalue weighted by atomic mass is 9.98. The Bertz CT molecular complexity index is 792. The van der Waals surface area contributed by atoms with E-state index in [1.807, 2.05) is 17.6 Å². The van der Waals surface area contributed by atoms with Gasteiger partial charge >= 0.3 is 5.97 Å². The number of benzene rings is 1. The molecular weight excluding hydrogens is 321 g/mol. The number of ketones is 1. The molecule has 1 aromatic carbocycles. The number of hydrogen-bond donors (Lipinski definition) is 1. The summed E-state index contributed by atoms with van der Waals surface area (Å²) in [5, 5.41) is 9.59. The number of fused-ring (bicyclic) bond motifs is 1. The van der Waals surface area contributed by atoms with Crippen LogP contribution in [0.3, 0.4) is 0 Å². The molecule has 1 aliphatic heterocycles. The molecule has 25 heavy (non-hydrogen) atoms. The number of rotatable bonds is 5. The van der Waals surface area contributed by atoms with Crippen molar-refractivity contribution in [2.45, 2.75) is 51.5 Å². The standard InChI is InChI=1S/C20H22FNO3/c1-2-5-14-12-17-16(20(24)25)6-3-4-11-22(17)18(14)19(23)13-7-9-15(21)10-8-13/h7-10,12,16H,2-6,11H2,1H3,(H,24,25). The SMILES string of the molecule is CCCc1cc2n(c1C(=O)c1ccc(F)cc1)CCCCC2C(=O)O. The maximum Gasteiger partial charge on any atom is 0.312 e. The molecule has 0 spiro atoms. The van der Waals surface area contributed by atoms with Crippen molar-refractivity contribution in [3.8, 4) is 0 Å². The molecule has 1 unspecified atom stereocenters. The summed E-state index contributed by atoms with van der Waals surface area (Å²) in [6.07, 6.45) is 3.85. The van der Waals surface area contributed by atoms with Crippen molar-refractivity contribution in [1.82, 2.24) is 4.57 Å². The fourth-order valence-electron chi connectivity index (χ4n) is 3.64. The molecule has 0 fully saturated rings. The molecular formula is C20H22FNO3. The summed E-state index contributed by atoms with van der Waals surface area (Å²) in [4.78, 5) is 24.8. The van der Waals surface area contributed by atoms with Crippen LogP contribution in [0.1, 0.15) is 65.8 Å². The van der Waals surface area contributed by atoms with Crippen molar-refractivity contribution < 1.29 is 19.1 Å². The molecule has 4 nitrogen and oxygen atoms in total. The number of aryl methyl sites for hydroxylation is 1. The monoisotopic (exact) mass is 343 g/mol. The molecule has 0 bridgehead atoms. The second-order valence-corrected chi connectivity index (χ2v) is 6.57. The predicted molar refractivity (Wildman–Crippen MR) is 92.5 cm³/mol. The second kappa shape index (κ2) is 7.21. The number of hydrogen-bond acceptors (Lipinski definition) is 2. The summed E-state index contributed by atoms with van der Waals surface area (Å²) in [5.74, 6) is -1.97. The van der Waals surface area contributed by atoms with Crippen LogP contribution in [0.4, 0.5) is 4.39 Å². The zero-order valence-corrected chi connectivity index (χ0v) is 14.3. The van der Waals surface area contributed by atoms with Crippen LogP contribution in [-0.2, 0) is 17.8 Å². The summed E-state index contributed by atoms with van der Waals surface area (Å²) < 4.78 is 15.1. The number of aliphatic carboxylic acids is 1. The van der Waals surface area contributed by atoms with Crippen LogP contribution in [0.2, 0.25) is 0 Å². The Labute approximate surface area is 146 Å². The minimum absolute atomic E-state index is 0.166. The van der Waals surface area contributed by atoms with E-state index in [9.17, 15) is 19.1 Å². The average molecular weight is 343 g/mol. The van der Waals surface area contributed by atoms with E-state index >= 15 is 0 Å². The van der Waals surface area contributed by atoms with Gasteiger partial charge in [-0.25, -0.2) is 4.39 Å². The Hall–Kier alpha value is -2.43. The summed E-state index contributed by atoms with van der Waals surface area (Å²) in [7, 11) is 0. The fourth-order valence-corrected chi connectivity index (χ4v) is 3.64. The molecule has 1 atom stereocenters. The Morgan fingerprint density at radius 3 is 2.60 bits per heavy atom. The highest BCUT2D eigenvalue weighted by Gasteiger charge is 2.30. The molecule has 1 aromatic heterocycles. The quantitative estimate of drug-likeness (QED) is 0.829. The third kappa shape index (κ3) is 3.36. The third-order valence-electron chi connectivity index (χ3n) is 4.83. The van der Waals surface area contributed by atoms with Crippen LogP contribution in [0, 0.1) is 5.82 Å². The Morgan fingerprint density at radius 1 is 1.24 bits per heavy atom. The number of nitrogens with zero attached hydrogens (tertiary/aromatic N) is 1. The van der Waals surface area contributed by atoms with E-state index in [0.29, 0.717) is 30.6 Å². The van der Waals surface area contributed by atoms with Crippen molar-refractivity contribution in [3.63, 3.8) is 0 Å². The molecule has 2 aromatic rings. The van der Waals surface area contributed by atoms with Gasteiger partial charge in [0.2, 0.25) is 5.78 Å². The largest absolute Gasteiger partial charge is 0.481 e. The first kappa shape index (κ1) is 17.4. The fraction of sp³-hybridized carbons (Fsp3) is 0.400. The van der Waals surface area contributed by atoms with E-state index in [4.69, 9.17) is 0 Å². The van der Waals surface area contributed by atoms with Gasteiger partial charge in [-0.3, -0.25) is 9.59 Å². The summed E-state index contributed by atoms with van der Waals surface area (Å²) >= 11 is 0. The molecule has 0 saturated heterocycles. The number of halogens is 1. The van der Waals surface area contributed by atoms with Crippen LogP contribution in [0.25, 0.3) is 0 Å². The summed E-state index contributed by atoms with van der Waals surface area (Å²) in [6, 6.07) is 7.42. The maximum absolute atomic E-state index is 13.2. The molecule has 0 radical (unpaired) electrons. The molecule has 1 aliphatic rings. The molecule has 0 amide bonds. The summed E-state index contributed by atoms with van der Waals surface area (Å²) in [5.41, 5.74) is 2.60. The van der Waals surface area contributed by atoms with Crippen molar-refractivity contribution in [3.05, 3.63) is 58.7 Å². The zero-order valence-electron chi connectivity index (χ0n) is 14.3. The first-order chi connectivity index (χ1) is 12.0. The second-order valence-electron chi connectivity index (χ2n) is 6.57. The highest BCUT2D eigenvalue weighted by molar-refractivity contribution is 6.09. The van der Waals surface area contributed by atoms with Crippen LogP contribution in [0.15, 0.2) is 30.3 Å². The zero-order chi connectivity index (χ0) is 18.0. The lowest BCUT2D eigenvalue weighted by Crippen LogP contribution is -2.17. The number of carboxylic acids is 1. The van der Waals surface area contributed by atoms with E-state index in [2.05, 4.69) is 0 Å². The van der Waals surface area contributed by atoms with Gasteiger partial charge < -0.3 is 9.67 Å². The van der Waals surface area contributed by atoms with Gasteiger partial charge in [-0.1, -0.05) is 19.8 Å². The molecule has 132 valence electrons. The molecule has 3 rings (SSSR count). The Balaban J connectivity index is 2.12. The van der Waals surface area contributed by atoms with E-state index in [0.717, 1.165) is 30.5 Å². The minimum Gasteiger partial charge on any atom is -0.481 e. The van der Waals surface area contributed by atoms with Crippen LogP contribution >= 0.6 is 0 Å². The van der Waals surface area contributed by atoms with Gasteiger partial charge in [0.25, 0.3) is 0 Å². The Morgan fingerprint density at radius 2 is 1.96 bits per heavy atom. The first-order valence-corrected chi connectivity index (χ1v) is 8.78. The topological polar surface area (TPSA) is 59.3 Å². The number of carboxylic acid groups (broad SMARTS) is 1. The van der Waals surface area contributed by atoms with Gasteiger partial charge in [-0.15, -0.1) is 0 Å². The highest BCUT2D eigenvalue weighted by Crippen LogP contribution is 2.32. The third-order valence-corrected chi connectivity index (χ3v) is 4.83. The van der Waals surface area contributed by atoms with Gasteiger partial charge in [-0.05, 0) is 55.2 Å². The first-order valence-electron chi connectivity index (χ1n) is 8.78. The number of carbonyl (C=O) groups is 2. The Kier molecular flexibility index (Phi) is 5.02. The van der Waals surface area contributed by atoms with Gasteiger partial charge in [0, 0.05) is 17.8 Å². The lowest BCUT2D eigenvalue weighted by Gasteiger charge is -2.14. The summed E-state index contributed by atoms with van der Waals surface area (Å²) in [6.45, 7) is 2.68. The number of carbonyl (C=O) groups excluding carboxylic acids is 1. The predicted octanol–water partition coefficient (Wildman–Crippen LogP) is 4.16. The minimum atomic E-state index is -0.843. The molecule has 1 N–H and O–H groups in total. The highest BCUT2D eigenvalue weighted by atomic mass is 19.1. The normalized spacial score (nSPS) is 17.0. The van der Waals surface area contributed by atoms with Crippen molar-refractivity contribution in [2.24, 2.45) is 0 Å². The molecule has 2 heterocycles. The van der Waals surface area contributed by atoms with Crippen molar-refractivity contribution in [2.75, 3.05) is 0 Å². The van der Waals surface area contributed by atoms with E-state index in [-0.39, 0.29) is 11.6 Å². The lowest BCUT2D eigenvalue weighted by molar-refractivity contribution is -0.139. The van der Waals surface area contributed by atoms with Gasteiger partial charge in [-0.2, -0.15) is 0 Å². The van der Waals surface area contributed by atoms with Crippen LogP contribution in [0.5, 0.6) is 0 Å². The van der Waals surface area contributed by atoms with Gasteiger partial charge in [0.05, 0.1) is 11.6 Å². The molecule has 0 saturated carbocycles. The smallest absolute Gasteiger partial charge is 0.312 e. The van der Waals surface area contributed by atoms with E-state index < -0.39 is 11.9 Å². The average Bonchev–Trinajstić information content (AvgIpc) is 2.79. The number of aromatic nitrogens is 1. The van der Waals surface area contributed by atoms with Gasteiger partial charge in [0.1, 0.15) is 5.82 Å². The van der Waals surface area contributed by atoms with E-state index in [1.54, 1.807) is 0 Å². The van der Waals surface area contributed by atoms with Crippen LogP contribution < -0.4 is 0 Å². The van der Waals surface area contributed by atoms with Crippen molar-refractivity contribution in [1.29, 1.82) is 0 Å². The van der Waals surface area contributed by atoms with Gasteiger partial charge in [0.15, 0.2) is 0 Å². The van der Waals surface area contributed by atoms with Crippen molar-refractivity contribution >= 4 is 11.8 Å².